The molecule has 0 unspecified atom stereocenters. The molecular weight excluding hydrogens is 264 g/mol. The quantitative estimate of drug-likeness (QED) is 0.672. The van der Waals surface area contributed by atoms with Gasteiger partial charge in [0.15, 0.2) is 0 Å². The lowest BCUT2D eigenvalue weighted by Gasteiger charge is -2.06. The normalized spacial score (nSPS) is 10.8. The first-order valence-corrected chi connectivity index (χ1v) is 6.63. The Morgan fingerprint density at radius 3 is 2.94 bits per heavy atom. The Morgan fingerprint density at radius 1 is 1.19 bits per heavy atom. The molecule has 1 aromatic heterocycles. The van der Waals surface area contributed by atoms with Crippen molar-refractivity contribution < 1.29 is 0 Å². The third-order valence-corrected chi connectivity index (χ3v) is 3.10. The van der Waals surface area contributed by atoms with E-state index in [-0.39, 0.29) is 0 Å². The van der Waals surface area contributed by atoms with Crippen LogP contribution in [-0.4, -0.2) is 16.9 Å². The number of rotatable bonds is 5. The Morgan fingerprint density at radius 2 is 2.06 bits per heavy atom. The van der Waals surface area contributed by atoms with Crippen LogP contribution >= 0.6 is 15.9 Å². The van der Waals surface area contributed by atoms with Crippen LogP contribution in [0.1, 0.15) is 12.0 Å². The Labute approximate surface area is 104 Å². The topological polar surface area (TPSA) is 24.9 Å². The summed E-state index contributed by atoms with van der Waals surface area (Å²) in [6.45, 7) is 1.96. The number of alkyl halides is 1. The first-order valence-electron chi connectivity index (χ1n) is 5.51. The Hall–Kier alpha value is -0.930. The van der Waals surface area contributed by atoms with Gasteiger partial charge in [0.05, 0.1) is 5.52 Å². The molecule has 2 rings (SSSR count). The van der Waals surface area contributed by atoms with Gasteiger partial charge in [-0.25, -0.2) is 0 Å². The molecule has 0 radical (unpaired) electrons. The molecule has 84 valence electrons. The highest BCUT2D eigenvalue weighted by molar-refractivity contribution is 9.09. The molecule has 0 atom stereocenters. The zero-order chi connectivity index (χ0) is 11.2. The molecule has 0 aliphatic carbocycles. The number of aromatic nitrogens is 1. The molecule has 16 heavy (non-hydrogen) atoms. The highest BCUT2D eigenvalue weighted by Crippen LogP contribution is 2.15. The van der Waals surface area contributed by atoms with Crippen LogP contribution in [0.3, 0.4) is 0 Å². The van der Waals surface area contributed by atoms with Gasteiger partial charge >= 0.3 is 0 Å². The average Bonchev–Trinajstić information content (AvgIpc) is 2.35. The van der Waals surface area contributed by atoms with E-state index in [0.29, 0.717) is 0 Å². The van der Waals surface area contributed by atoms with E-state index in [4.69, 9.17) is 0 Å². The first-order chi connectivity index (χ1) is 7.92. The van der Waals surface area contributed by atoms with E-state index in [2.05, 4.69) is 50.5 Å². The van der Waals surface area contributed by atoms with Crippen molar-refractivity contribution in [3.63, 3.8) is 0 Å². The number of halogens is 1. The predicted octanol–water partition coefficient (Wildman–Crippen LogP) is 3.11. The van der Waals surface area contributed by atoms with Gasteiger partial charge in [-0.15, -0.1) is 0 Å². The summed E-state index contributed by atoms with van der Waals surface area (Å²) in [5, 5.41) is 5.74. The number of para-hydroxylation sites is 1. The fraction of sp³-hybridized carbons (Fsp3) is 0.308. The molecule has 3 heteroatoms. The van der Waals surface area contributed by atoms with Crippen LogP contribution in [0.4, 0.5) is 0 Å². The zero-order valence-electron chi connectivity index (χ0n) is 9.12. The van der Waals surface area contributed by atoms with Crippen molar-refractivity contribution in [1.82, 2.24) is 10.3 Å². The lowest BCUT2D eigenvalue weighted by Crippen LogP contribution is -2.15. The van der Waals surface area contributed by atoms with Gasteiger partial charge in [-0.3, -0.25) is 4.98 Å². The van der Waals surface area contributed by atoms with Crippen molar-refractivity contribution >= 4 is 26.8 Å². The van der Waals surface area contributed by atoms with E-state index in [1.54, 1.807) is 0 Å². The first kappa shape index (κ1) is 11.6. The monoisotopic (exact) mass is 278 g/mol. The maximum Gasteiger partial charge on any atom is 0.0705 e. The molecule has 1 heterocycles. The van der Waals surface area contributed by atoms with Crippen molar-refractivity contribution in [2.45, 2.75) is 13.0 Å². The summed E-state index contributed by atoms with van der Waals surface area (Å²) in [6, 6.07) is 10.4. The second kappa shape index (κ2) is 5.97. The van der Waals surface area contributed by atoms with Gasteiger partial charge in [0.2, 0.25) is 0 Å². The molecule has 0 amide bonds. The van der Waals surface area contributed by atoms with Crippen molar-refractivity contribution in [3.05, 3.63) is 42.1 Å². The number of nitrogens with zero attached hydrogens (tertiary/aromatic N) is 1. The van der Waals surface area contributed by atoms with Crippen molar-refractivity contribution in [1.29, 1.82) is 0 Å². The van der Waals surface area contributed by atoms with E-state index < -0.39 is 0 Å². The number of pyridine rings is 1. The predicted molar refractivity (Wildman–Crippen MR) is 71.9 cm³/mol. The molecule has 0 aliphatic heterocycles. The summed E-state index contributed by atoms with van der Waals surface area (Å²) in [5.74, 6) is 0. The summed E-state index contributed by atoms with van der Waals surface area (Å²) < 4.78 is 0. The summed E-state index contributed by atoms with van der Waals surface area (Å²) in [6.07, 6.45) is 3.03. The van der Waals surface area contributed by atoms with Crippen LogP contribution in [0.5, 0.6) is 0 Å². The van der Waals surface area contributed by atoms with Crippen molar-refractivity contribution in [2.24, 2.45) is 0 Å². The van der Waals surface area contributed by atoms with E-state index >= 15 is 0 Å². The number of hydrogen-bond donors (Lipinski definition) is 1. The molecule has 1 aromatic carbocycles. The van der Waals surface area contributed by atoms with Crippen molar-refractivity contribution in [3.8, 4) is 0 Å². The maximum absolute atomic E-state index is 4.35. The fourth-order valence-electron chi connectivity index (χ4n) is 1.72. The third-order valence-electron chi connectivity index (χ3n) is 2.54. The van der Waals surface area contributed by atoms with Crippen LogP contribution in [0, 0.1) is 0 Å². The van der Waals surface area contributed by atoms with E-state index in [1.165, 1.54) is 10.9 Å². The number of fused-ring (bicyclic) bond motifs is 1. The van der Waals surface area contributed by atoms with E-state index in [9.17, 15) is 0 Å². The number of hydrogen-bond acceptors (Lipinski definition) is 2. The maximum atomic E-state index is 4.35. The number of benzene rings is 1. The molecule has 0 fully saturated rings. The Bertz CT molecular complexity index is 451. The summed E-state index contributed by atoms with van der Waals surface area (Å²) in [5.41, 5.74) is 2.39. The van der Waals surface area contributed by atoms with E-state index in [1.807, 2.05) is 12.3 Å². The lowest BCUT2D eigenvalue weighted by molar-refractivity contribution is 0.682. The SMILES string of the molecule is BrCCCNCc1ccnc2ccccc12. The summed E-state index contributed by atoms with van der Waals surface area (Å²) in [7, 11) is 0. The largest absolute Gasteiger partial charge is 0.313 e. The second-order valence-corrected chi connectivity index (χ2v) is 4.50. The minimum absolute atomic E-state index is 0.913. The second-order valence-electron chi connectivity index (χ2n) is 3.71. The van der Waals surface area contributed by atoms with Gasteiger partial charge in [0, 0.05) is 23.5 Å². The van der Waals surface area contributed by atoms with Crippen LogP contribution in [0.15, 0.2) is 36.5 Å². The van der Waals surface area contributed by atoms with Gasteiger partial charge in [-0.05, 0) is 30.7 Å². The van der Waals surface area contributed by atoms with Gasteiger partial charge in [0.25, 0.3) is 0 Å². The fourth-order valence-corrected chi connectivity index (χ4v) is 2.00. The number of nitrogens with one attached hydrogen (secondary N) is 1. The minimum Gasteiger partial charge on any atom is -0.313 e. The van der Waals surface area contributed by atoms with Crippen LogP contribution < -0.4 is 5.32 Å². The third kappa shape index (κ3) is 2.80. The minimum atomic E-state index is 0.913. The molecular formula is C13H15BrN2. The lowest BCUT2D eigenvalue weighted by atomic mass is 10.1. The van der Waals surface area contributed by atoms with Gasteiger partial charge < -0.3 is 5.32 Å². The van der Waals surface area contributed by atoms with Crippen molar-refractivity contribution in [2.75, 3.05) is 11.9 Å². The van der Waals surface area contributed by atoms with Crippen LogP contribution in [-0.2, 0) is 6.54 Å². The highest BCUT2D eigenvalue weighted by atomic mass is 79.9. The molecule has 0 spiro atoms. The molecule has 0 saturated carbocycles. The smallest absolute Gasteiger partial charge is 0.0705 e. The molecule has 1 N–H and O–H groups in total. The molecule has 2 aromatic rings. The Balaban J connectivity index is 2.11. The molecule has 2 nitrogen and oxygen atoms in total. The Kier molecular flexibility index (Phi) is 4.31. The van der Waals surface area contributed by atoms with Crippen LogP contribution in [0.25, 0.3) is 10.9 Å². The van der Waals surface area contributed by atoms with Crippen LogP contribution in [0.2, 0.25) is 0 Å². The standard InChI is InChI=1S/C13H15BrN2/c14-7-3-8-15-10-11-6-9-16-13-5-2-1-4-12(11)13/h1-2,4-6,9,15H,3,7-8,10H2. The van der Waals surface area contributed by atoms with Gasteiger partial charge in [0.1, 0.15) is 0 Å². The zero-order valence-corrected chi connectivity index (χ0v) is 10.7. The van der Waals surface area contributed by atoms with E-state index in [0.717, 1.165) is 30.4 Å². The van der Waals surface area contributed by atoms with Gasteiger partial charge in [-0.2, -0.15) is 0 Å². The molecule has 0 aliphatic rings. The molecule has 0 bridgehead atoms. The van der Waals surface area contributed by atoms with Gasteiger partial charge in [-0.1, -0.05) is 34.1 Å². The summed E-state index contributed by atoms with van der Waals surface area (Å²) >= 11 is 3.43. The summed E-state index contributed by atoms with van der Waals surface area (Å²) in [4.78, 5) is 4.35. The molecule has 0 saturated heterocycles. The average molecular weight is 279 g/mol. The highest BCUT2D eigenvalue weighted by Gasteiger charge is 1.99.